The predicted octanol–water partition coefficient (Wildman–Crippen LogP) is 1.95. The van der Waals surface area contributed by atoms with Crippen LogP contribution < -0.4 is 9.47 Å². The zero-order valence-corrected chi connectivity index (χ0v) is 13.4. The SMILES string of the molecule is O=C1[C@@H]2[C@H](C(=O)N1/N=C\c1ccc3c(c1)OCO3)[C@@H]1C=C[C@H]2C12CC2. The van der Waals surface area contributed by atoms with Crippen LogP contribution in [-0.4, -0.2) is 29.8 Å². The van der Waals surface area contributed by atoms with Crippen molar-refractivity contribution in [2.24, 2.45) is 34.2 Å². The highest BCUT2D eigenvalue weighted by atomic mass is 16.7. The molecule has 0 radical (unpaired) electrons. The molecule has 4 atom stereocenters. The molecule has 1 aromatic rings. The van der Waals surface area contributed by atoms with Crippen LogP contribution in [0.25, 0.3) is 0 Å². The molecule has 6 nitrogen and oxygen atoms in total. The summed E-state index contributed by atoms with van der Waals surface area (Å²) in [6, 6.07) is 5.42. The number of hydrogen-bond donors (Lipinski definition) is 0. The van der Waals surface area contributed by atoms with Gasteiger partial charge in [0.05, 0.1) is 18.1 Å². The number of fused-ring (bicyclic) bond motifs is 4. The van der Waals surface area contributed by atoms with E-state index in [2.05, 4.69) is 17.3 Å². The largest absolute Gasteiger partial charge is 0.454 e. The Labute approximate surface area is 144 Å². The monoisotopic (exact) mass is 336 g/mol. The molecule has 0 N–H and O–H groups in total. The minimum Gasteiger partial charge on any atom is -0.454 e. The third-order valence-corrected chi connectivity index (χ3v) is 6.55. The van der Waals surface area contributed by atoms with Crippen molar-refractivity contribution in [3.63, 3.8) is 0 Å². The van der Waals surface area contributed by atoms with Crippen molar-refractivity contribution in [1.29, 1.82) is 0 Å². The van der Waals surface area contributed by atoms with Crippen LogP contribution in [0.3, 0.4) is 0 Å². The smallest absolute Gasteiger partial charge is 0.254 e. The zero-order valence-electron chi connectivity index (χ0n) is 13.4. The fourth-order valence-electron chi connectivity index (χ4n) is 5.29. The van der Waals surface area contributed by atoms with Crippen molar-refractivity contribution in [1.82, 2.24) is 5.01 Å². The van der Waals surface area contributed by atoms with Crippen LogP contribution in [0, 0.1) is 29.1 Å². The summed E-state index contributed by atoms with van der Waals surface area (Å²) in [4.78, 5) is 25.6. The molecule has 2 amide bonds. The molecule has 5 aliphatic rings. The summed E-state index contributed by atoms with van der Waals surface area (Å²) in [6.45, 7) is 0.208. The number of imide groups is 1. The zero-order chi connectivity index (χ0) is 16.8. The van der Waals surface area contributed by atoms with Gasteiger partial charge in [0.2, 0.25) is 6.79 Å². The highest BCUT2D eigenvalue weighted by molar-refractivity contribution is 6.07. The van der Waals surface area contributed by atoms with Crippen LogP contribution in [0.2, 0.25) is 0 Å². The molecule has 126 valence electrons. The molecule has 1 aromatic carbocycles. The third-order valence-electron chi connectivity index (χ3n) is 6.55. The van der Waals surface area contributed by atoms with E-state index in [-0.39, 0.29) is 47.7 Å². The second-order valence-electron chi connectivity index (χ2n) is 7.57. The molecular weight excluding hydrogens is 320 g/mol. The Morgan fingerprint density at radius 1 is 1.04 bits per heavy atom. The van der Waals surface area contributed by atoms with Gasteiger partial charge >= 0.3 is 0 Å². The van der Waals surface area contributed by atoms with Crippen molar-refractivity contribution >= 4 is 18.0 Å². The molecule has 6 rings (SSSR count). The van der Waals surface area contributed by atoms with Gasteiger partial charge in [-0.2, -0.15) is 10.1 Å². The van der Waals surface area contributed by atoms with E-state index in [1.54, 1.807) is 18.3 Å². The average molecular weight is 336 g/mol. The molecule has 2 aliphatic heterocycles. The van der Waals surface area contributed by atoms with Gasteiger partial charge in [-0.1, -0.05) is 12.2 Å². The van der Waals surface area contributed by atoms with Crippen molar-refractivity contribution < 1.29 is 19.1 Å². The Morgan fingerprint density at radius 3 is 2.40 bits per heavy atom. The van der Waals surface area contributed by atoms with Gasteiger partial charge in [-0.3, -0.25) is 9.59 Å². The van der Waals surface area contributed by atoms with Gasteiger partial charge in [0.1, 0.15) is 0 Å². The van der Waals surface area contributed by atoms with Gasteiger partial charge in [-0.15, -0.1) is 0 Å². The first-order valence-corrected chi connectivity index (χ1v) is 8.69. The first kappa shape index (κ1) is 13.6. The number of allylic oxidation sites excluding steroid dienone is 2. The molecule has 25 heavy (non-hydrogen) atoms. The lowest BCUT2D eigenvalue weighted by atomic mass is 9.85. The fraction of sp³-hybridized carbons (Fsp3) is 0.421. The molecule has 3 fully saturated rings. The number of ether oxygens (including phenoxy) is 2. The maximum absolute atomic E-state index is 12.8. The van der Waals surface area contributed by atoms with E-state index in [0.717, 1.165) is 23.4 Å². The second kappa shape index (κ2) is 4.31. The van der Waals surface area contributed by atoms with Crippen LogP contribution in [0.5, 0.6) is 11.5 Å². The Bertz CT molecular complexity index is 851. The molecule has 1 spiro atoms. The van der Waals surface area contributed by atoms with E-state index >= 15 is 0 Å². The number of hydrazone groups is 1. The molecule has 2 heterocycles. The average Bonchev–Trinajstić information content (AvgIpc) is 2.90. The minimum atomic E-state index is -0.209. The topological polar surface area (TPSA) is 68.2 Å². The van der Waals surface area contributed by atoms with Gasteiger partial charge in [0.25, 0.3) is 11.8 Å². The lowest BCUT2D eigenvalue weighted by Gasteiger charge is -2.18. The molecule has 1 saturated heterocycles. The third kappa shape index (κ3) is 1.57. The lowest BCUT2D eigenvalue weighted by Crippen LogP contribution is -2.30. The predicted molar refractivity (Wildman–Crippen MR) is 86.8 cm³/mol. The summed E-state index contributed by atoms with van der Waals surface area (Å²) >= 11 is 0. The minimum absolute atomic E-state index is 0.143. The molecule has 0 aromatic heterocycles. The van der Waals surface area contributed by atoms with E-state index in [1.165, 1.54) is 0 Å². The van der Waals surface area contributed by atoms with Gasteiger partial charge in [0, 0.05) is 0 Å². The first-order valence-electron chi connectivity index (χ1n) is 8.69. The molecule has 2 saturated carbocycles. The van der Waals surface area contributed by atoms with Crippen molar-refractivity contribution in [3.05, 3.63) is 35.9 Å². The highest BCUT2D eigenvalue weighted by Gasteiger charge is 2.73. The molecule has 2 bridgehead atoms. The summed E-state index contributed by atoms with van der Waals surface area (Å²) < 4.78 is 10.6. The number of carbonyl (C=O) groups excluding carboxylic acids is 2. The standard InChI is InChI=1S/C19H16N2O4/c22-17-15-11-2-3-12(19(11)5-6-19)16(15)18(23)21(17)20-8-10-1-4-13-14(7-10)25-9-24-13/h1-4,7-8,11-12,15-16H,5-6,9H2/b20-8-/t11-,12+,15+,16-. The van der Waals surface area contributed by atoms with Gasteiger partial charge in [-0.25, -0.2) is 0 Å². The Hall–Kier alpha value is -2.63. The number of benzene rings is 1. The van der Waals surface area contributed by atoms with Gasteiger partial charge in [-0.05, 0) is 53.9 Å². The number of amides is 2. The van der Waals surface area contributed by atoms with E-state index in [1.807, 2.05) is 6.07 Å². The Balaban J connectivity index is 1.29. The molecular formula is C19H16N2O4. The molecule has 0 unspecified atom stereocenters. The van der Waals surface area contributed by atoms with Crippen molar-refractivity contribution in [2.75, 3.05) is 6.79 Å². The Morgan fingerprint density at radius 2 is 1.72 bits per heavy atom. The van der Waals surface area contributed by atoms with Crippen LogP contribution in [-0.2, 0) is 9.59 Å². The number of hydrogen-bond acceptors (Lipinski definition) is 5. The number of carbonyl (C=O) groups is 2. The van der Waals surface area contributed by atoms with Crippen molar-refractivity contribution in [3.8, 4) is 11.5 Å². The lowest BCUT2D eigenvalue weighted by molar-refractivity contribution is -0.141. The Kier molecular flexibility index (Phi) is 2.35. The summed E-state index contributed by atoms with van der Waals surface area (Å²) in [5.74, 6) is 1.09. The van der Waals surface area contributed by atoms with E-state index in [0.29, 0.717) is 11.5 Å². The van der Waals surface area contributed by atoms with Crippen LogP contribution in [0.4, 0.5) is 0 Å². The second-order valence-corrected chi connectivity index (χ2v) is 7.57. The molecule has 6 heteroatoms. The van der Waals surface area contributed by atoms with Gasteiger partial charge < -0.3 is 9.47 Å². The fourth-order valence-corrected chi connectivity index (χ4v) is 5.29. The van der Waals surface area contributed by atoms with E-state index < -0.39 is 0 Å². The van der Waals surface area contributed by atoms with Crippen molar-refractivity contribution in [2.45, 2.75) is 12.8 Å². The normalized spacial score (nSPS) is 35.4. The van der Waals surface area contributed by atoms with E-state index in [9.17, 15) is 9.59 Å². The van der Waals surface area contributed by atoms with Crippen LogP contribution in [0.15, 0.2) is 35.5 Å². The summed E-state index contributed by atoms with van der Waals surface area (Å²) in [6.07, 6.45) is 8.15. The van der Waals surface area contributed by atoms with Crippen LogP contribution >= 0.6 is 0 Å². The maximum atomic E-state index is 12.8. The first-order chi connectivity index (χ1) is 12.2. The molecule has 3 aliphatic carbocycles. The highest BCUT2D eigenvalue weighted by Crippen LogP contribution is 2.73. The summed E-state index contributed by atoms with van der Waals surface area (Å²) in [7, 11) is 0. The van der Waals surface area contributed by atoms with Gasteiger partial charge in [0.15, 0.2) is 11.5 Å². The number of rotatable bonds is 2. The van der Waals surface area contributed by atoms with E-state index in [4.69, 9.17) is 9.47 Å². The van der Waals surface area contributed by atoms with Crippen LogP contribution in [0.1, 0.15) is 18.4 Å². The summed E-state index contributed by atoms with van der Waals surface area (Å²) in [5.41, 5.74) is 0.981. The number of nitrogens with zero attached hydrogens (tertiary/aromatic N) is 2. The summed E-state index contributed by atoms with van der Waals surface area (Å²) in [5, 5.41) is 5.30. The quantitative estimate of drug-likeness (QED) is 0.470. The maximum Gasteiger partial charge on any atom is 0.254 e.